The average molecular weight is 295 g/mol. The highest BCUT2D eigenvalue weighted by Crippen LogP contribution is 2.30. The Kier molecular flexibility index (Phi) is 4.46. The van der Waals surface area contributed by atoms with Crippen LogP contribution in [0.15, 0.2) is 27.8 Å². The minimum atomic E-state index is -0.446. The molecule has 1 heterocycles. The number of rotatable bonds is 6. The number of carbonyl (C=O) groups excluding carboxylic acids is 1. The van der Waals surface area contributed by atoms with E-state index in [9.17, 15) is 4.79 Å². The van der Waals surface area contributed by atoms with Crippen molar-refractivity contribution in [1.82, 2.24) is 10.2 Å². The lowest BCUT2D eigenvalue weighted by molar-refractivity contribution is -0.115. The van der Waals surface area contributed by atoms with Gasteiger partial charge in [0.15, 0.2) is 0 Å². The molecule has 7 nitrogen and oxygen atoms in total. The summed E-state index contributed by atoms with van der Waals surface area (Å²) in [5, 5.41) is 8.03. The maximum Gasteiger partial charge on any atom is 0.277 e. The summed E-state index contributed by atoms with van der Waals surface area (Å²) in [5.41, 5.74) is 5.72. The van der Waals surface area contributed by atoms with Gasteiger partial charge in [0.1, 0.15) is 11.5 Å². The molecule has 0 aliphatic heterocycles. The number of thioether (sulfide) groups is 1. The Balaban J connectivity index is 2.24. The zero-order valence-electron chi connectivity index (χ0n) is 11.0. The van der Waals surface area contributed by atoms with Gasteiger partial charge in [-0.1, -0.05) is 11.8 Å². The maximum atomic E-state index is 10.7. The lowest BCUT2D eigenvalue weighted by Gasteiger charge is -2.05. The number of nitrogens with zero attached hydrogens (tertiary/aromatic N) is 2. The molecule has 0 saturated heterocycles. The number of amides is 1. The summed E-state index contributed by atoms with van der Waals surface area (Å²) < 4.78 is 15.8. The van der Waals surface area contributed by atoms with Crippen molar-refractivity contribution in [3.63, 3.8) is 0 Å². The van der Waals surface area contributed by atoms with Crippen LogP contribution in [0.1, 0.15) is 0 Å². The van der Waals surface area contributed by atoms with Gasteiger partial charge in [-0.15, -0.1) is 10.2 Å². The van der Waals surface area contributed by atoms with Crippen molar-refractivity contribution in [3.8, 4) is 23.0 Å². The normalized spacial score (nSPS) is 10.3. The minimum absolute atomic E-state index is 0.0864. The first-order valence-corrected chi connectivity index (χ1v) is 6.59. The van der Waals surface area contributed by atoms with E-state index in [0.717, 1.165) is 11.8 Å². The molecule has 20 heavy (non-hydrogen) atoms. The highest BCUT2D eigenvalue weighted by molar-refractivity contribution is 7.99. The number of ether oxygens (including phenoxy) is 2. The SMILES string of the molecule is COc1cc(OC)cc(-c2nnc(SCC(N)=O)o2)c1. The number of hydrogen-bond acceptors (Lipinski definition) is 7. The van der Waals surface area contributed by atoms with Crippen LogP contribution in [0.3, 0.4) is 0 Å². The van der Waals surface area contributed by atoms with E-state index in [1.54, 1.807) is 32.4 Å². The largest absolute Gasteiger partial charge is 0.497 e. The van der Waals surface area contributed by atoms with Gasteiger partial charge >= 0.3 is 0 Å². The van der Waals surface area contributed by atoms with Crippen LogP contribution < -0.4 is 15.2 Å². The molecule has 0 atom stereocenters. The van der Waals surface area contributed by atoms with E-state index in [0.29, 0.717) is 23.0 Å². The van der Waals surface area contributed by atoms with E-state index in [2.05, 4.69) is 10.2 Å². The van der Waals surface area contributed by atoms with Gasteiger partial charge in [0.25, 0.3) is 5.22 Å². The highest BCUT2D eigenvalue weighted by Gasteiger charge is 2.12. The standard InChI is InChI=1S/C12H13N3O4S/c1-17-8-3-7(4-9(5-8)18-2)11-14-15-12(19-11)20-6-10(13)16/h3-5H,6H2,1-2H3,(H2,13,16). The van der Waals surface area contributed by atoms with Gasteiger partial charge in [0.05, 0.1) is 20.0 Å². The maximum absolute atomic E-state index is 10.7. The number of benzene rings is 1. The Labute approximate surface area is 119 Å². The first kappa shape index (κ1) is 14.2. The van der Waals surface area contributed by atoms with Crippen molar-refractivity contribution < 1.29 is 18.7 Å². The molecule has 0 bridgehead atoms. The van der Waals surface area contributed by atoms with Gasteiger partial charge in [0.2, 0.25) is 11.8 Å². The van der Waals surface area contributed by atoms with Crippen LogP contribution >= 0.6 is 11.8 Å². The predicted octanol–water partition coefficient (Wildman–Crippen LogP) is 1.33. The fourth-order valence-corrected chi connectivity index (χ4v) is 1.95. The third kappa shape index (κ3) is 3.41. The number of hydrogen-bond donors (Lipinski definition) is 1. The molecular formula is C12H13N3O4S. The summed E-state index contributed by atoms with van der Waals surface area (Å²) in [4.78, 5) is 10.7. The minimum Gasteiger partial charge on any atom is -0.497 e. The van der Waals surface area contributed by atoms with Gasteiger partial charge in [0, 0.05) is 11.6 Å². The van der Waals surface area contributed by atoms with Crippen molar-refractivity contribution in [2.45, 2.75) is 5.22 Å². The molecular weight excluding hydrogens is 282 g/mol. The number of carbonyl (C=O) groups is 1. The van der Waals surface area contributed by atoms with Gasteiger partial charge < -0.3 is 19.6 Å². The Bertz CT molecular complexity index is 592. The molecule has 0 aliphatic carbocycles. The second-order valence-corrected chi connectivity index (χ2v) is 4.66. The smallest absolute Gasteiger partial charge is 0.277 e. The van der Waals surface area contributed by atoms with Gasteiger partial charge in [-0.25, -0.2) is 0 Å². The molecule has 2 rings (SSSR count). The second kappa shape index (κ2) is 6.29. The second-order valence-electron chi connectivity index (χ2n) is 3.73. The molecule has 0 spiro atoms. The number of nitrogens with two attached hydrogens (primary N) is 1. The first-order valence-electron chi connectivity index (χ1n) is 5.60. The van der Waals surface area contributed by atoms with Gasteiger partial charge in [-0.05, 0) is 12.1 Å². The van der Waals surface area contributed by atoms with E-state index >= 15 is 0 Å². The van der Waals surface area contributed by atoms with Crippen LogP contribution in [0.5, 0.6) is 11.5 Å². The highest BCUT2D eigenvalue weighted by atomic mass is 32.2. The van der Waals surface area contributed by atoms with Gasteiger partial charge in [-0.2, -0.15) is 0 Å². The molecule has 2 N–H and O–H groups in total. The Hall–Kier alpha value is -2.22. The summed E-state index contributed by atoms with van der Waals surface area (Å²) in [5.74, 6) is 1.18. The zero-order chi connectivity index (χ0) is 14.5. The summed E-state index contributed by atoms with van der Waals surface area (Å²) in [7, 11) is 3.11. The monoisotopic (exact) mass is 295 g/mol. The average Bonchev–Trinajstić information content (AvgIpc) is 2.93. The van der Waals surface area contributed by atoms with Crippen LogP contribution in [0.2, 0.25) is 0 Å². The van der Waals surface area contributed by atoms with Crippen molar-refractivity contribution in [1.29, 1.82) is 0 Å². The molecule has 0 saturated carbocycles. The number of methoxy groups -OCH3 is 2. The summed E-state index contributed by atoms with van der Waals surface area (Å²) in [6.45, 7) is 0. The Morgan fingerprint density at radius 2 is 1.90 bits per heavy atom. The van der Waals surface area contributed by atoms with Crippen LogP contribution in [-0.2, 0) is 4.79 Å². The van der Waals surface area contributed by atoms with Crippen LogP contribution in [0, 0.1) is 0 Å². The molecule has 0 aliphatic rings. The van der Waals surface area contributed by atoms with E-state index < -0.39 is 5.91 Å². The lowest BCUT2D eigenvalue weighted by atomic mass is 10.2. The third-order valence-electron chi connectivity index (χ3n) is 2.34. The lowest BCUT2D eigenvalue weighted by Crippen LogP contribution is -2.12. The fourth-order valence-electron chi connectivity index (χ4n) is 1.45. The first-order chi connectivity index (χ1) is 9.62. The topological polar surface area (TPSA) is 100 Å². The predicted molar refractivity (Wildman–Crippen MR) is 72.8 cm³/mol. The Morgan fingerprint density at radius 1 is 1.25 bits per heavy atom. The number of aromatic nitrogens is 2. The van der Waals surface area contributed by atoms with Crippen molar-refractivity contribution in [2.75, 3.05) is 20.0 Å². The van der Waals surface area contributed by atoms with Crippen molar-refractivity contribution in [3.05, 3.63) is 18.2 Å². The molecule has 0 fully saturated rings. The van der Waals surface area contributed by atoms with Gasteiger partial charge in [-0.3, -0.25) is 4.79 Å². The molecule has 2 aromatic rings. The van der Waals surface area contributed by atoms with E-state index in [1.807, 2.05) is 0 Å². The van der Waals surface area contributed by atoms with Crippen molar-refractivity contribution in [2.24, 2.45) is 5.73 Å². The summed E-state index contributed by atoms with van der Waals surface area (Å²) in [6.07, 6.45) is 0. The van der Waals surface area contributed by atoms with Crippen LogP contribution in [-0.4, -0.2) is 36.1 Å². The molecule has 0 radical (unpaired) electrons. The molecule has 1 aromatic heterocycles. The van der Waals surface area contributed by atoms with E-state index in [4.69, 9.17) is 19.6 Å². The van der Waals surface area contributed by atoms with Crippen LogP contribution in [0.4, 0.5) is 0 Å². The number of primary amides is 1. The third-order valence-corrected chi connectivity index (χ3v) is 3.18. The van der Waals surface area contributed by atoms with E-state index in [-0.39, 0.29) is 11.0 Å². The van der Waals surface area contributed by atoms with E-state index in [1.165, 1.54) is 0 Å². The molecule has 8 heteroatoms. The molecule has 106 valence electrons. The zero-order valence-corrected chi connectivity index (χ0v) is 11.8. The summed E-state index contributed by atoms with van der Waals surface area (Å²) in [6, 6.07) is 5.24. The fraction of sp³-hybridized carbons (Fsp3) is 0.250. The van der Waals surface area contributed by atoms with Crippen molar-refractivity contribution >= 4 is 17.7 Å². The Morgan fingerprint density at radius 3 is 2.45 bits per heavy atom. The molecule has 1 aromatic carbocycles. The molecule has 1 amide bonds. The quantitative estimate of drug-likeness (QED) is 0.802. The van der Waals surface area contributed by atoms with Crippen LogP contribution in [0.25, 0.3) is 11.5 Å². The summed E-state index contributed by atoms with van der Waals surface area (Å²) >= 11 is 1.09. The molecule has 0 unspecified atom stereocenters.